The van der Waals surface area contributed by atoms with E-state index in [1.54, 1.807) is 22.7 Å². The van der Waals surface area contributed by atoms with Crippen LogP contribution in [0, 0.1) is 0 Å². The molecule has 37 heavy (non-hydrogen) atoms. The van der Waals surface area contributed by atoms with Gasteiger partial charge in [0.1, 0.15) is 10.0 Å². The number of anilines is 2. The van der Waals surface area contributed by atoms with Crippen molar-refractivity contribution in [2.45, 2.75) is 70.6 Å². The van der Waals surface area contributed by atoms with E-state index >= 15 is 0 Å². The second-order valence-corrected chi connectivity index (χ2v) is 11.4. The van der Waals surface area contributed by atoms with Gasteiger partial charge in [0.2, 0.25) is 10.3 Å². The average Bonchev–Trinajstić information content (AvgIpc) is 3.56. The van der Waals surface area contributed by atoms with Crippen LogP contribution < -0.4 is 10.6 Å². The Hall–Kier alpha value is -3.10. The zero-order chi connectivity index (χ0) is 25.7. The third-order valence-corrected chi connectivity index (χ3v) is 7.92. The molecule has 8 heteroatoms. The van der Waals surface area contributed by atoms with E-state index in [0.717, 1.165) is 102 Å². The third kappa shape index (κ3) is 9.70. The van der Waals surface area contributed by atoms with Gasteiger partial charge in [-0.3, -0.25) is 0 Å². The van der Waals surface area contributed by atoms with Crippen LogP contribution in [0.2, 0.25) is 0 Å². The van der Waals surface area contributed by atoms with Crippen LogP contribution >= 0.6 is 22.7 Å². The highest BCUT2D eigenvalue weighted by Gasteiger charge is 2.08. The lowest BCUT2D eigenvalue weighted by Crippen LogP contribution is -1.99. The van der Waals surface area contributed by atoms with E-state index in [4.69, 9.17) is 0 Å². The quantitative estimate of drug-likeness (QED) is 0.183. The summed E-state index contributed by atoms with van der Waals surface area (Å²) >= 11 is 3.25. The maximum Gasteiger partial charge on any atom is 0.209 e. The summed E-state index contributed by atoms with van der Waals surface area (Å²) in [5.74, 6) is 0. The van der Waals surface area contributed by atoms with Crippen molar-refractivity contribution in [2.75, 3.05) is 10.6 Å². The minimum atomic E-state index is 0.829. The van der Waals surface area contributed by atoms with Crippen LogP contribution in [-0.2, 0) is 19.3 Å². The third-order valence-electron chi connectivity index (χ3n) is 6.13. The highest BCUT2D eigenvalue weighted by atomic mass is 32.1. The molecule has 2 heterocycles. The summed E-state index contributed by atoms with van der Waals surface area (Å²) in [5, 5.41) is 27.7. The van der Waals surface area contributed by atoms with Gasteiger partial charge in [0.15, 0.2) is 0 Å². The van der Waals surface area contributed by atoms with Crippen molar-refractivity contribution in [3.63, 3.8) is 0 Å². The molecule has 0 radical (unpaired) electrons. The SMILES string of the molecule is C=C(CCC1=CCCC=C1)Nc1nnc(CCCCCc2nnc(NC(=C)CCc3ccccc3)s2)s1. The molecule has 0 unspecified atom stereocenters. The summed E-state index contributed by atoms with van der Waals surface area (Å²) in [6.07, 6.45) is 18.1. The lowest BCUT2D eigenvalue weighted by Gasteiger charge is -2.09. The number of rotatable bonds is 16. The highest BCUT2D eigenvalue weighted by Crippen LogP contribution is 2.23. The zero-order valence-electron chi connectivity index (χ0n) is 21.4. The summed E-state index contributed by atoms with van der Waals surface area (Å²) in [5.41, 5.74) is 4.68. The second kappa shape index (κ2) is 14.6. The van der Waals surface area contributed by atoms with E-state index in [0.29, 0.717) is 0 Å². The molecule has 0 saturated heterocycles. The van der Waals surface area contributed by atoms with Crippen LogP contribution in [-0.4, -0.2) is 20.4 Å². The predicted molar refractivity (Wildman–Crippen MR) is 157 cm³/mol. The molecule has 6 nitrogen and oxygen atoms in total. The van der Waals surface area contributed by atoms with Crippen LogP contribution in [0.4, 0.5) is 10.3 Å². The number of aromatic nitrogens is 4. The van der Waals surface area contributed by atoms with Crippen LogP contribution in [0.15, 0.2) is 78.7 Å². The van der Waals surface area contributed by atoms with Gasteiger partial charge < -0.3 is 10.6 Å². The molecule has 1 aliphatic rings. The molecule has 0 bridgehead atoms. The Bertz CT molecular complexity index is 1210. The van der Waals surface area contributed by atoms with Gasteiger partial charge in [0.25, 0.3) is 0 Å². The van der Waals surface area contributed by atoms with Crippen molar-refractivity contribution >= 4 is 32.9 Å². The monoisotopic (exact) mass is 532 g/mol. The summed E-state index contributed by atoms with van der Waals surface area (Å²) in [7, 11) is 0. The Balaban J connectivity index is 1.07. The van der Waals surface area contributed by atoms with Gasteiger partial charge in [-0.2, -0.15) is 0 Å². The first-order valence-electron chi connectivity index (χ1n) is 13.1. The van der Waals surface area contributed by atoms with E-state index in [1.165, 1.54) is 11.1 Å². The fourth-order valence-electron chi connectivity index (χ4n) is 4.06. The number of unbranched alkanes of at least 4 members (excludes halogenated alkanes) is 2. The molecular formula is C29H36N6S2. The number of nitrogens with one attached hydrogen (secondary N) is 2. The van der Waals surface area contributed by atoms with Crippen molar-refractivity contribution < 1.29 is 0 Å². The summed E-state index contributed by atoms with van der Waals surface area (Å²) < 4.78 is 0. The number of benzene rings is 1. The van der Waals surface area contributed by atoms with Crippen LogP contribution in [0.5, 0.6) is 0 Å². The molecule has 0 aliphatic heterocycles. The zero-order valence-corrected chi connectivity index (χ0v) is 23.0. The Morgan fingerprint density at radius 1 is 0.730 bits per heavy atom. The fourth-order valence-corrected chi connectivity index (χ4v) is 5.71. The fraction of sp³-hybridized carbons (Fsp3) is 0.379. The number of hydrogen-bond donors (Lipinski definition) is 2. The molecule has 0 spiro atoms. The largest absolute Gasteiger partial charge is 0.334 e. The molecule has 1 aliphatic carbocycles. The van der Waals surface area contributed by atoms with Gasteiger partial charge in [0, 0.05) is 24.2 Å². The summed E-state index contributed by atoms with van der Waals surface area (Å²) in [6.45, 7) is 8.29. The van der Waals surface area contributed by atoms with Crippen LogP contribution in [0.1, 0.15) is 66.9 Å². The highest BCUT2D eigenvalue weighted by molar-refractivity contribution is 7.15. The molecule has 194 valence electrons. The lowest BCUT2D eigenvalue weighted by molar-refractivity contribution is 0.669. The average molecular weight is 533 g/mol. The number of allylic oxidation sites excluding steroid dienone is 6. The van der Waals surface area contributed by atoms with Crippen LogP contribution in [0.25, 0.3) is 0 Å². The number of nitrogens with zero attached hydrogens (tertiary/aromatic N) is 4. The molecule has 4 rings (SSSR count). The maximum atomic E-state index is 4.35. The molecule has 2 aromatic heterocycles. The Morgan fingerprint density at radius 2 is 1.35 bits per heavy atom. The number of hydrogen-bond acceptors (Lipinski definition) is 8. The first-order valence-corrected chi connectivity index (χ1v) is 14.7. The molecule has 0 atom stereocenters. The molecule has 0 fully saturated rings. The first kappa shape index (κ1) is 26.9. The van der Waals surface area contributed by atoms with E-state index < -0.39 is 0 Å². The molecule has 2 N–H and O–H groups in total. The van der Waals surface area contributed by atoms with E-state index in [2.05, 4.69) is 86.7 Å². The van der Waals surface area contributed by atoms with Gasteiger partial charge in [-0.25, -0.2) is 0 Å². The van der Waals surface area contributed by atoms with Crippen molar-refractivity contribution in [3.05, 3.63) is 94.3 Å². The van der Waals surface area contributed by atoms with Gasteiger partial charge in [-0.05, 0) is 56.9 Å². The van der Waals surface area contributed by atoms with Gasteiger partial charge >= 0.3 is 0 Å². The first-order chi connectivity index (χ1) is 18.1. The smallest absolute Gasteiger partial charge is 0.209 e. The Labute approximate surface area is 228 Å². The van der Waals surface area contributed by atoms with Crippen molar-refractivity contribution in [1.29, 1.82) is 0 Å². The number of aryl methyl sites for hydroxylation is 3. The van der Waals surface area contributed by atoms with Gasteiger partial charge in [-0.1, -0.05) is 96.4 Å². The molecule has 0 saturated carbocycles. The van der Waals surface area contributed by atoms with Gasteiger partial charge in [0.05, 0.1) is 0 Å². The molecular weight excluding hydrogens is 496 g/mol. The minimum absolute atomic E-state index is 0.829. The maximum absolute atomic E-state index is 4.35. The Morgan fingerprint density at radius 3 is 1.95 bits per heavy atom. The van der Waals surface area contributed by atoms with Gasteiger partial charge in [-0.15, -0.1) is 20.4 Å². The van der Waals surface area contributed by atoms with E-state index in [1.807, 2.05) is 6.07 Å². The van der Waals surface area contributed by atoms with E-state index in [9.17, 15) is 0 Å². The topological polar surface area (TPSA) is 75.6 Å². The van der Waals surface area contributed by atoms with Crippen molar-refractivity contribution in [2.24, 2.45) is 0 Å². The summed E-state index contributed by atoms with van der Waals surface area (Å²) in [6, 6.07) is 10.5. The lowest BCUT2D eigenvalue weighted by atomic mass is 10.0. The van der Waals surface area contributed by atoms with Crippen LogP contribution in [0.3, 0.4) is 0 Å². The Kier molecular flexibility index (Phi) is 10.6. The molecule has 0 amide bonds. The standard InChI is InChI=1S/C29H36N6S2/c1-22(18-20-24-12-6-3-7-13-24)30-28-34-32-26(36-28)16-10-5-11-17-27-33-35-29(37-27)31-23(2)19-21-25-14-8-4-9-15-25/h3,6-8,12-15H,1-2,4-5,9-11,16-21H2,(H,30,34)(H,31,35). The minimum Gasteiger partial charge on any atom is -0.334 e. The second-order valence-electron chi connectivity index (χ2n) is 9.26. The van der Waals surface area contributed by atoms with Crippen molar-refractivity contribution in [1.82, 2.24) is 20.4 Å². The molecule has 1 aromatic carbocycles. The normalized spacial score (nSPS) is 12.8. The van der Waals surface area contributed by atoms with Crippen molar-refractivity contribution in [3.8, 4) is 0 Å². The van der Waals surface area contributed by atoms with E-state index in [-0.39, 0.29) is 0 Å². The molecule has 3 aromatic rings. The predicted octanol–water partition coefficient (Wildman–Crippen LogP) is 7.89. The summed E-state index contributed by atoms with van der Waals surface area (Å²) in [4.78, 5) is 0.